The number of hydrogen-bond acceptors (Lipinski definition) is 5. The van der Waals surface area contributed by atoms with Gasteiger partial charge in [0.2, 0.25) is 0 Å². The van der Waals surface area contributed by atoms with Crippen molar-refractivity contribution in [1.82, 2.24) is 0 Å². The Bertz CT molecular complexity index is 720. The molecule has 0 saturated heterocycles. The molecule has 172 valence electrons. The maximum Gasteiger partial charge on any atom is 0.193 e. The van der Waals surface area contributed by atoms with Gasteiger partial charge in [0.1, 0.15) is 11.9 Å². The summed E-state index contributed by atoms with van der Waals surface area (Å²) in [5, 5.41) is -0.103. The summed E-state index contributed by atoms with van der Waals surface area (Å²) in [6.07, 6.45) is 7.27. The number of hydrogen-bond donors (Lipinski definition) is 0. The average Bonchev–Trinajstić information content (AvgIpc) is 2.69. The minimum absolute atomic E-state index is 0.00302. The number of thioether (sulfide) groups is 1. The fraction of sp³-hybridized carbons (Fsp3) is 0.826. The summed E-state index contributed by atoms with van der Waals surface area (Å²) in [6, 6.07) is 0. The highest BCUT2D eigenvalue weighted by Gasteiger charge is 2.73. The lowest BCUT2D eigenvalue weighted by Gasteiger charge is -2.57. The van der Waals surface area contributed by atoms with Crippen molar-refractivity contribution in [2.45, 2.75) is 95.4 Å². The minimum atomic E-state index is -2.39. The van der Waals surface area contributed by atoms with Gasteiger partial charge in [-0.25, -0.2) is 0 Å². The zero-order valence-electron chi connectivity index (χ0n) is 20.8. The SMILES string of the molecule is CSC[C@]1(O[Si](C)(C)C(C)(C)C)[C@@H]2C=CC(=O)[C@@]1(O[Si](C)(C)C(C)(C)C)[C@H](C=O)C2. The Morgan fingerprint density at radius 2 is 1.57 bits per heavy atom. The predicted octanol–water partition coefficient (Wildman–Crippen LogP) is 5.84. The predicted molar refractivity (Wildman–Crippen MR) is 132 cm³/mol. The summed E-state index contributed by atoms with van der Waals surface area (Å²) < 4.78 is 14.3. The molecule has 2 rings (SSSR count). The second-order valence-corrected chi connectivity index (χ2v) is 22.4. The van der Waals surface area contributed by atoms with Crippen LogP contribution in [-0.2, 0) is 18.4 Å². The van der Waals surface area contributed by atoms with Crippen LogP contribution < -0.4 is 0 Å². The highest BCUT2D eigenvalue weighted by molar-refractivity contribution is 7.98. The Morgan fingerprint density at radius 1 is 1.07 bits per heavy atom. The van der Waals surface area contributed by atoms with Gasteiger partial charge in [-0.2, -0.15) is 11.8 Å². The summed E-state index contributed by atoms with van der Waals surface area (Å²) in [7, 11) is -4.65. The van der Waals surface area contributed by atoms with Gasteiger partial charge >= 0.3 is 0 Å². The normalized spacial score (nSPS) is 32.6. The quantitative estimate of drug-likeness (QED) is 0.345. The molecule has 4 atom stereocenters. The van der Waals surface area contributed by atoms with E-state index in [1.54, 1.807) is 17.8 Å². The van der Waals surface area contributed by atoms with Crippen LogP contribution >= 0.6 is 11.8 Å². The van der Waals surface area contributed by atoms with Gasteiger partial charge in [0, 0.05) is 11.7 Å². The fourth-order valence-electron chi connectivity index (χ4n) is 4.31. The van der Waals surface area contributed by atoms with E-state index in [0.717, 1.165) is 6.29 Å². The van der Waals surface area contributed by atoms with Crippen LogP contribution in [0.5, 0.6) is 0 Å². The molecule has 0 aromatic heterocycles. The molecule has 1 saturated carbocycles. The van der Waals surface area contributed by atoms with E-state index < -0.39 is 33.8 Å². The van der Waals surface area contributed by atoms with Gasteiger partial charge < -0.3 is 13.6 Å². The maximum atomic E-state index is 13.8. The summed E-state index contributed by atoms with van der Waals surface area (Å²) in [5.41, 5.74) is -2.06. The van der Waals surface area contributed by atoms with Crippen LogP contribution in [0, 0.1) is 11.8 Å². The molecule has 0 aliphatic heterocycles. The van der Waals surface area contributed by atoms with Crippen molar-refractivity contribution in [3.63, 3.8) is 0 Å². The van der Waals surface area contributed by atoms with Crippen molar-refractivity contribution in [2.75, 3.05) is 12.0 Å². The minimum Gasteiger partial charge on any atom is -0.406 e. The third kappa shape index (κ3) is 3.87. The molecule has 0 unspecified atom stereocenters. The summed E-state index contributed by atoms with van der Waals surface area (Å²) in [6.45, 7) is 22.0. The number of carbonyl (C=O) groups excluding carboxylic acids is 2. The second kappa shape index (κ2) is 7.97. The van der Waals surface area contributed by atoms with E-state index in [1.807, 2.05) is 6.08 Å². The Kier molecular flexibility index (Phi) is 6.92. The molecule has 2 aliphatic rings. The first kappa shape index (κ1) is 26.0. The van der Waals surface area contributed by atoms with Crippen LogP contribution in [0.25, 0.3) is 0 Å². The van der Waals surface area contributed by atoms with E-state index in [9.17, 15) is 9.59 Å². The molecular formula is C23H42O4SSi2. The van der Waals surface area contributed by atoms with Crippen molar-refractivity contribution in [1.29, 1.82) is 0 Å². The second-order valence-electron chi connectivity index (χ2n) is 12.1. The molecule has 0 amide bonds. The molecule has 1 fully saturated rings. The van der Waals surface area contributed by atoms with Crippen molar-refractivity contribution in [3.05, 3.63) is 12.2 Å². The van der Waals surface area contributed by atoms with Gasteiger partial charge in [0.25, 0.3) is 0 Å². The van der Waals surface area contributed by atoms with Crippen LogP contribution in [0.2, 0.25) is 36.3 Å². The van der Waals surface area contributed by atoms with E-state index in [-0.39, 0.29) is 21.8 Å². The molecule has 2 bridgehead atoms. The Labute approximate surface area is 190 Å². The van der Waals surface area contributed by atoms with Crippen molar-refractivity contribution < 1.29 is 18.4 Å². The Hall–Kier alpha value is -0.216. The van der Waals surface area contributed by atoms with E-state index in [4.69, 9.17) is 8.85 Å². The molecule has 0 spiro atoms. The monoisotopic (exact) mass is 470 g/mol. The number of rotatable bonds is 7. The third-order valence-corrected chi connectivity index (χ3v) is 17.7. The number of carbonyl (C=O) groups is 2. The molecule has 4 nitrogen and oxygen atoms in total. The average molecular weight is 471 g/mol. The summed E-state index contributed by atoms with van der Waals surface area (Å²) in [5.74, 6) is 0.0536. The van der Waals surface area contributed by atoms with Crippen LogP contribution in [0.1, 0.15) is 48.0 Å². The zero-order valence-corrected chi connectivity index (χ0v) is 23.7. The largest absolute Gasteiger partial charge is 0.406 e. The Balaban J connectivity index is 2.79. The molecule has 0 N–H and O–H groups in total. The van der Waals surface area contributed by atoms with Crippen molar-refractivity contribution in [3.8, 4) is 0 Å². The van der Waals surface area contributed by atoms with Gasteiger partial charge in [0.15, 0.2) is 28.0 Å². The van der Waals surface area contributed by atoms with Crippen LogP contribution in [-0.4, -0.2) is 51.9 Å². The van der Waals surface area contributed by atoms with E-state index in [0.29, 0.717) is 12.2 Å². The zero-order chi connectivity index (χ0) is 23.4. The van der Waals surface area contributed by atoms with E-state index in [2.05, 4.69) is 74.0 Å². The van der Waals surface area contributed by atoms with Gasteiger partial charge in [-0.3, -0.25) is 4.79 Å². The van der Waals surface area contributed by atoms with E-state index in [1.165, 1.54) is 0 Å². The van der Waals surface area contributed by atoms with Gasteiger partial charge in [-0.05, 0) is 55.0 Å². The standard InChI is InChI=1S/C23H42O4SSi2/c1-20(2,3)29(8,9)26-22(16-28-7)17-12-13-19(25)23(22,18(14-17)15-24)27-30(10,11)21(4,5)6/h12-13,15,17-18H,14,16H2,1-11H3/t17-,18+,22+,23+/m1/s1. The smallest absolute Gasteiger partial charge is 0.193 e. The molecule has 2 aliphatic carbocycles. The maximum absolute atomic E-state index is 13.8. The van der Waals surface area contributed by atoms with Crippen molar-refractivity contribution >= 4 is 40.5 Å². The number of fused-ring (bicyclic) bond motifs is 2. The number of ketones is 1. The van der Waals surface area contributed by atoms with Gasteiger partial charge in [-0.1, -0.05) is 47.6 Å². The van der Waals surface area contributed by atoms with E-state index >= 15 is 0 Å². The van der Waals surface area contributed by atoms with Crippen LogP contribution in [0.15, 0.2) is 12.2 Å². The Morgan fingerprint density at radius 3 is 2.00 bits per heavy atom. The third-order valence-electron chi connectivity index (χ3n) is 8.09. The first-order valence-corrected chi connectivity index (χ1v) is 18.2. The van der Waals surface area contributed by atoms with Crippen LogP contribution in [0.3, 0.4) is 0 Å². The molecule has 0 aromatic carbocycles. The highest BCUT2D eigenvalue weighted by atomic mass is 32.2. The first-order chi connectivity index (χ1) is 13.4. The lowest BCUT2D eigenvalue weighted by atomic mass is 9.73. The molecule has 30 heavy (non-hydrogen) atoms. The molecular weight excluding hydrogens is 428 g/mol. The summed E-state index contributed by atoms with van der Waals surface area (Å²) >= 11 is 1.68. The topological polar surface area (TPSA) is 52.6 Å². The highest BCUT2D eigenvalue weighted by Crippen LogP contribution is 2.60. The molecule has 0 aromatic rings. The van der Waals surface area contributed by atoms with Gasteiger partial charge in [0.05, 0.1) is 5.92 Å². The van der Waals surface area contributed by atoms with Crippen LogP contribution in [0.4, 0.5) is 0 Å². The van der Waals surface area contributed by atoms with Gasteiger partial charge in [-0.15, -0.1) is 0 Å². The van der Waals surface area contributed by atoms with Crippen molar-refractivity contribution in [2.24, 2.45) is 11.8 Å². The lowest BCUT2D eigenvalue weighted by Crippen LogP contribution is -2.72. The lowest BCUT2D eigenvalue weighted by molar-refractivity contribution is -0.163. The summed E-state index contributed by atoms with van der Waals surface area (Å²) in [4.78, 5) is 26.1. The first-order valence-electron chi connectivity index (χ1n) is 11.0. The fourth-order valence-corrected chi connectivity index (χ4v) is 8.46. The molecule has 7 heteroatoms. The molecule has 0 heterocycles. The number of aldehydes is 1. The molecule has 0 radical (unpaired) electrons.